The molecule has 3 nitrogen and oxygen atoms in total. The van der Waals surface area contributed by atoms with Gasteiger partial charge in [0.15, 0.2) is 0 Å². The number of nitrogens with zero attached hydrogens (tertiary/aromatic N) is 1. The summed E-state index contributed by atoms with van der Waals surface area (Å²) in [6.45, 7) is 2.56. The van der Waals surface area contributed by atoms with Crippen molar-refractivity contribution < 1.29 is 9.53 Å². The van der Waals surface area contributed by atoms with Gasteiger partial charge in [0.05, 0.1) is 6.61 Å². The van der Waals surface area contributed by atoms with E-state index in [0.29, 0.717) is 6.42 Å². The molecule has 0 bridgehead atoms. The molecule has 2 aliphatic rings. The maximum atomic E-state index is 12.3. The van der Waals surface area contributed by atoms with Gasteiger partial charge in [-0.15, -0.1) is 11.8 Å². The van der Waals surface area contributed by atoms with Crippen LogP contribution in [0.5, 0.6) is 0 Å². The van der Waals surface area contributed by atoms with Crippen molar-refractivity contribution >= 4 is 17.7 Å². The van der Waals surface area contributed by atoms with Gasteiger partial charge in [-0.25, -0.2) is 0 Å². The van der Waals surface area contributed by atoms with Gasteiger partial charge in [0.2, 0.25) is 5.91 Å². The molecule has 0 N–H and O–H groups in total. The molecule has 0 aliphatic carbocycles. The third-order valence-corrected chi connectivity index (χ3v) is 5.58. The number of aryl methyl sites for hydroxylation is 1. The van der Waals surface area contributed by atoms with E-state index in [2.05, 4.69) is 12.1 Å². The molecule has 0 saturated carbocycles. The van der Waals surface area contributed by atoms with Crippen LogP contribution in [0.25, 0.3) is 0 Å². The number of rotatable bonds is 3. The highest BCUT2D eigenvalue weighted by molar-refractivity contribution is 8.00. The Morgan fingerprint density at radius 3 is 2.65 bits per heavy atom. The highest BCUT2D eigenvalue weighted by atomic mass is 32.2. The molecule has 4 heteroatoms. The summed E-state index contributed by atoms with van der Waals surface area (Å²) in [6.07, 6.45) is 3.42. The van der Waals surface area contributed by atoms with Crippen LogP contribution in [0.2, 0.25) is 0 Å². The first-order valence-electron chi connectivity index (χ1n) is 7.37. The Balaban J connectivity index is 1.47. The predicted molar refractivity (Wildman–Crippen MR) is 81.7 cm³/mol. The van der Waals surface area contributed by atoms with Crippen molar-refractivity contribution in [3.05, 3.63) is 35.9 Å². The van der Waals surface area contributed by atoms with E-state index in [-0.39, 0.29) is 10.8 Å². The average Bonchev–Trinajstić information content (AvgIpc) is 2.95. The van der Waals surface area contributed by atoms with Crippen molar-refractivity contribution in [1.82, 2.24) is 4.90 Å². The Morgan fingerprint density at radius 2 is 2.00 bits per heavy atom. The number of amides is 1. The fraction of sp³-hybridized carbons (Fsp3) is 0.562. The zero-order valence-corrected chi connectivity index (χ0v) is 12.5. The zero-order chi connectivity index (χ0) is 13.8. The van der Waals surface area contributed by atoms with E-state index < -0.39 is 0 Å². The Hall–Kier alpha value is -1.00. The number of carbonyl (C=O) groups excluding carboxylic acids is 1. The number of hydrogen-bond donors (Lipinski definition) is 0. The van der Waals surface area contributed by atoms with Gasteiger partial charge < -0.3 is 9.64 Å². The molecule has 0 radical (unpaired) electrons. The van der Waals surface area contributed by atoms with Crippen LogP contribution in [0.4, 0.5) is 0 Å². The molecule has 2 aliphatic heterocycles. The standard InChI is InChI=1S/C16H21NO2S/c18-15(7-6-14-4-2-1-3-5-14)17-10-8-16(9-11-17)19-12-13-20-16/h1-5H,6-13H2. The predicted octanol–water partition coefficient (Wildman–Crippen LogP) is 2.70. The molecule has 2 heterocycles. The van der Waals surface area contributed by atoms with Crippen molar-refractivity contribution in [3.63, 3.8) is 0 Å². The molecule has 1 amide bonds. The second-order valence-electron chi connectivity index (χ2n) is 5.47. The first-order chi connectivity index (χ1) is 9.77. The summed E-state index contributed by atoms with van der Waals surface area (Å²) in [5, 5.41) is 0. The summed E-state index contributed by atoms with van der Waals surface area (Å²) in [7, 11) is 0. The van der Waals surface area contributed by atoms with E-state index in [1.807, 2.05) is 34.9 Å². The summed E-state index contributed by atoms with van der Waals surface area (Å²) < 4.78 is 5.86. The van der Waals surface area contributed by atoms with Crippen LogP contribution in [-0.2, 0) is 16.0 Å². The number of ether oxygens (including phenoxy) is 1. The molecule has 20 heavy (non-hydrogen) atoms. The second-order valence-corrected chi connectivity index (χ2v) is 6.91. The minimum absolute atomic E-state index is 0.0240. The van der Waals surface area contributed by atoms with Gasteiger partial charge in [0, 0.05) is 38.1 Å². The van der Waals surface area contributed by atoms with Gasteiger partial charge in [-0.3, -0.25) is 4.79 Å². The van der Waals surface area contributed by atoms with Crippen LogP contribution in [0.15, 0.2) is 30.3 Å². The molecule has 2 fully saturated rings. The highest BCUT2D eigenvalue weighted by Crippen LogP contribution is 2.41. The molecule has 2 saturated heterocycles. The van der Waals surface area contributed by atoms with E-state index in [1.165, 1.54) is 5.56 Å². The number of carbonyl (C=O) groups is 1. The molecule has 1 aromatic carbocycles. The largest absolute Gasteiger partial charge is 0.363 e. The van der Waals surface area contributed by atoms with Crippen LogP contribution in [0, 0.1) is 0 Å². The Kier molecular flexibility index (Phi) is 4.32. The molecule has 0 atom stereocenters. The maximum absolute atomic E-state index is 12.3. The molecular formula is C16H21NO2S. The van der Waals surface area contributed by atoms with E-state index in [9.17, 15) is 4.79 Å². The molecule has 108 valence electrons. The third-order valence-electron chi connectivity index (χ3n) is 4.16. The van der Waals surface area contributed by atoms with E-state index in [0.717, 1.165) is 44.7 Å². The van der Waals surface area contributed by atoms with E-state index in [4.69, 9.17) is 4.74 Å². The topological polar surface area (TPSA) is 29.5 Å². The van der Waals surface area contributed by atoms with Gasteiger partial charge >= 0.3 is 0 Å². The molecule has 1 aromatic rings. The van der Waals surface area contributed by atoms with Crippen molar-refractivity contribution in [2.75, 3.05) is 25.4 Å². The number of piperidine rings is 1. The summed E-state index contributed by atoms with van der Waals surface area (Å²) in [4.78, 5) is 14.3. The van der Waals surface area contributed by atoms with Gasteiger partial charge in [-0.1, -0.05) is 30.3 Å². The summed E-state index contributed by atoms with van der Waals surface area (Å²) in [5.74, 6) is 1.38. The molecular weight excluding hydrogens is 270 g/mol. The number of hydrogen-bond acceptors (Lipinski definition) is 3. The van der Waals surface area contributed by atoms with Crippen molar-refractivity contribution in [2.24, 2.45) is 0 Å². The summed E-state index contributed by atoms with van der Waals surface area (Å²) in [6, 6.07) is 10.2. The smallest absolute Gasteiger partial charge is 0.222 e. The third kappa shape index (κ3) is 3.18. The lowest BCUT2D eigenvalue weighted by molar-refractivity contribution is -0.134. The number of likely N-dealkylation sites (tertiary alicyclic amines) is 1. The van der Waals surface area contributed by atoms with Crippen LogP contribution in [0.1, 0.15) is 24.8 Å². The fourth-order valence-electron chi connectivity index (χ4n) is 2.94. The van der Waals surface area contributed by atoms with Crippen molar-refractivity contribution in [3.8, 4) is 0 Å². The minimum Gasteiger partial charge on any atom is -0.363 e. The van der Waals surface area contributed by atoms with Crippen molar-refractivity contribution in [1.29, 1.82) is 0 Å². The first kappa shape index (κ1) is 14.0. The summed E-state index contributed by atoms with van der Waals surface area (Å²) in [5.41, 5.74) is 1.24. The fourth-order valence-corrected chi connectivity index (χ4v) is 4.11. The molecule has 0 aromatic heterocycles. The van der Waals surface area contributed by atoms with Gasteiger partial charge in [-0.05, 0) is 12.0 Å². The van der Waals surface area contributed by atoms with E-state index >= 15 is 0 Å². The van der Waals surface area contributed by atoms with Gasteiger partial charge in [0.25, 0.3) is 0 Å². The van der Waals surface area contributed by atoms with E-state index in [1.54, 1.807) is 0 Å². The number of thioether (sulfide) groups is 1. The first-order valence-corrected chi connectivity index (χ1v) is 8.36. The molecule has 0 unspecified atom stereocenters. The van der Waals surface area contributed by atoms with Crippen molar-refractivity contribution in [2.45, 2.75) is 30.6 Å². The molecule has 3 rings (SSSR count). The highest BCUT2D eigenvalue weighted by Gasteiger charge is 2.39. The normalized spacial score (nSPS) is 21.3. The van der Waals surface area contributed by atoms with Gasteiger partial charge in [0.1, 0.15) is 4.93 Å². The Morgan fingerprint density at radius 1 is 1.25 bits per heavy atom. The van der Waals surface area contributed by atoms with Crippen LogP contribution in [-0.4, -0.2) is 41.2 Å². The lowest BCUT2D eigenvalue weighted by Crippen LogP contribution is -2.45. The molecule has 1 spiro atoms. The van der Waals surface area contributed by atoms with Crippen LogP contribution >= 0.6 is 11.8 Å². The Bertz CT molecular complexity index is 447. The monoisotopic (exact) mass is 291 g/mol. The number of benzene rings is 1. The lowest BCUT2D eigenvalue weighted by atomic mass is 10.0. The second kappa shape index (κ2) is 6.19. The average molecular weight is 291 g/mol. The van der Waals surface area contributed by atoms with Gasteiger partial charge in [-0.2, -0.15) is 0 Å². The van der Waals surface area contributed by atoms with Crippen LogP contribution in [0.3, 0.4) is 0 Å². The SMILES string of the molecule is O=C(CCc1ccccc1)N1CCC2(CC1)OCCS2. The quantitative estimate of drug-likeness (QED) is 0.857. The zero-order valence-electron chi connectivity index (χ0n) is 11.7. The summed E-state index contributed by atoms with van der Waals surface area (Å²) >= 11 is 1.93. The maximum Gasteiger partial charge on any atom is 0.222 e. The lowest BCUT2D eigenvalue weighted by Gasteiger charge is -2.37. The minimum atomic E-state index is 0.0240. The Labute approximate surface area is 124 Å². The van der Waals surface area contributed by atoms with Crippen LogP contribution < -0.4 is 0 Å².